The lowest BCUT2D eigenvalue weighted by molar-refractivity contribution is -0.118. The fourth-order valence-corrected chi connectivity index (χ4v) is 5.19. The van der Waals surface area contributed by atoms with Crippen molar-refractivity contribution in [3.63, 3.8) is 0 Å². The minimum Gasteiger partial charge on any atom is -0.450 e. The highest BCUT2D eigenvalue weighted by Gasteiger charge is 2.23. The van der Waals surface area contributed by atoms with Crippen LogP contribution in [0.1, 0.15) is 18.1 Å². The average molecular weight is 499 g/mol. The number of anilines is 1. The molecule has 5 rings (SSSR count). The summed E-state index contributed by atoms with van der Waals surface area (Å²) in [6, 6.07) is 20.8. The number of hydrogen-bond donors (Lipinski definition) is 3. The van der Waals surface area contributed by atoms with Crippen molar-refractivity contribution >= 4 is 50.1 Å². The van der Waals surface area contributed by atoms with Crippen molar-refractivity contribution in [1.29, 1.82) is 0 Å². The summed E-state index contributed by atoms with van der Waals surface area (Å²) in [6.45, 7) is 4.02. The van der Waals surface area contributed by atoms with Gasteiger partial charge in [0.1, 0.15) is 11.0 Å². The van der Waals surface area contributed by atoms with Crippen molar-refractivity contribution in [1.82, 2.24) is 15.3 Å². The summed E-state index contributed by atoms with van der Waals surface area (Å²) in [5, 5.41) is 7.56. The van der Waals surface area contributed by atoms with Gasteiger partial charge in [0.25, 0.3) is 0 Å². The molecule has 0 spiro atoms. The number of aromatic nitrogens is 2. The van der Waals surface area contributed by atoms with E-state index in [1.807, 2.05) is 60.8 Å². The summed E-state index contributed by atoms with van der Waals surface area (Å²) in [6.07, 6.45) is 1.56. The molecule has 2 amide bonds. The Hall–Kier alpha value is -4.17. The topological polar surface area (TPSA) is 96.1 Å². The number of nitrogens with zero attached hydrogens (tertiary/aromatic N) is 1. The van der Waals surface area contributed by atoms with Crippen LogP contribution >= 0.6 is 11.3 Å². The van der Waals surface area contributed by atoms with Gasteiger partial charge in [0.15, 0.2) is 0 Å². The van der Waals surface area contributed by atoms with Crippen LogP contribution in [0.4, 0.5) is 10.5 Å². The molecule has 36 heavy (non-hydrogen) atoms. The first-order valence-corrected chi connectivity index (χ1v) is 12.6. The number of alkyl carbamates (subject to hydrolysis) is 1. The quantitative estimate of drug-likeness (QED) is 0.255. The van der Waals surface area contributed by atoms with E-state index < -0.39 is 12.1 Å². The van der Waals surface area contributed by atoms with E-state index in [9.17, 15) is 9.59 Å². The Labute approximate surface area is 212 Å². The van der Waals surface area contributed by atoms with Crippen molar-refractivity contribution in [3.8, 4) is 10.6 Å². The van der Waals surface area contributed by atoms with Crippen molar-refractivity contribution in [2.24, 2.45) is 0 Å². The summed E-state index contributed by atoms with van der Waals surface area (Å²) in [4.78, 5) is 33.3. The van der Waals surface area contributed by atoms with E-state index in [1.54, 1.807) is 18.3 Å². The van der Waals surface area contributed by atoms with Crippen LogP contribution in [-0.2, 0) is 16.0 Å². The number of rotatable bonds is 7. The summed E-state index contributed by atoms with van der Waals surface area (Å²) < 4.78 is 6.18. The van der Waals surface area contributed by atoms with E-state index in [4.69, 9.17) is 9.72 Å². The van der Waals surface area contributed by atoms with Crippen LogP contribution in [0, 0.1) is 6.92 Å². The van der Waals surface area contributed by atoms with Gasteiger partial charge in [0, 0.05) is 34.8 Å². The number of thiazole rings is 1. The Balaban J connectivity index is 1.33. The zero-order valence-corrected chi connectivity index (χ0v) is 20.8. The van der Waals surface area contributed by atoms with E-state index in [2.05, 4.69) is 34.7 Å². The Kier molecular flexibility index (Phi) is 6.69. The van der Waals surface area contributed by atoms with Crippen LogP contribution in [0.2, 0.25) is 0 Å². The highest BCUT2D eigenvalue weighted by Crippen LogP contribution is 2.31. The van der Waals surface area contributed by atoms with Crippen molar-refractivity contribution < 1.29 is 14.3 Å². The highest BCUT2D eigenvalue weighted by atomic mass is 32.1. The Morgan fingerprint density at radius 3 is 2.69 bits per heavy atom. The monoisotopic (exact) mass is 498 g/mol. The normalized spacial score (nSPS) is 11.9. The third-order valence-corrected chi connectivity index (χ3v) is 6.99. The molecule has 3 aromatic carbocycles. The van der Waals surface area contributed by atoms with Crippen molar-refractivity contribution in [2.45, 2.75) is 26.3 Å². The molecule has 0 radical (unpaired) electrons. The molecule has 0 aliphatic rings. The minimum absolute atomic E-state index is 0.222. The second-order valence-corrected chi connectivity index (χ2v) is 9.57. The van der Waals surface area contributed by atoms with Crippen LogP contribution in [0.25, 0.3) is 31.7 Å². The molecule has 7 nitrogen and oxygen atoms in total. The van der Waals surface area contributed by atoms with E-state index in [0.29, 0.717) is 12.1 Å². The first-order valence-electron chi connectivity index (χ1n) is 11.8. The smallest absolute Gasteiger partial charge is 0.407 e. The van der Waals surface area contributed by atoms with Gasteiger partial charge in [-0.15, -0.1) is 11.3 Å². The summed E-state index contributed by atoms with van der Waals surface area (Å²) in [7, 11) is 0. The molecule has 0 unspecified atom stereocenters. The molecule has 8 heteroatoms. The maximum atomic E-state index is 13.2. The van der Waals surface area contributed by atoms with Gasteiger partial charge in [0.2, 0.25) is 5.91 Å². The second kappa shape index (κ2) is 10.2. The largest absolute Gasteiger partial charge is 0.450 e. The Morgan fingerprint density at radius 1 is 1.08 bits per heavy atom. The Morgan fingerprint density at radius 2 is 1.89 bits per heavy atom. The van der Waals surface area contributed by atoms with Gasteiger partial charge in [-0.25, -0.2) is 9.78 Å². The minimum atomic E-state index is -0.810. The third-order valence-electron chi connectivity index (χ3n) is 5.93. The van der Waals surface area contributed by atoms with Crippen LogP contribution in [0.15, 0.2) is 72.9 Å². The van der Waals surface area contributed by atoms with E-state index in [0.717, 1.165) is 37.3 Å². The van der Waals surface area contributed by atoms with Crippen molar-refractivity contribution in [3.05, 3.63) is 84.1 Å². The van der Waals surface area contributed by atoms with Crippen LogP contribution in [-0.4, -0.2) is 34.6 Å². The fraction of sp³-hybridized carbons (Fsp3) is 0.179. The standard InChI is InChI=1S/C28H26N4O3S/c1-3-35-28(34)32-24(15-19-16-29-22-7-5-4-6-21(19)22)26(33)30-20-11-9-18(10-12-20)27-31-23-13-8-17(2)14-25(23)36-27/h4-14,16,24,29H,3,15H2,1-2H3,(H,30,33)(H,32,34)/t24-/m1/s1. The maximum Gasteiger partial charge on any atom is 0.407 e. The lowest BCUT2D eigenvalue weighted by atomic mass is 10.0. The van der Waals surface area contributed by atoms with Gasteiger partial charge >= 0.3 is 6.09 Å². The number of nitrogens with one attached hydrogen (secondary N) is 3. The number of hydrogen-bond acceptors (Lipinski definition) is 5. The molecular formula is C28H26N4O3S. The molecule has 0 saturated heterocycles. The molecule has 182 valence electrons. The molecule has 5 aromatic rings. The van der Waals surface area contributed by atoms with Gasteiger partial charge < -0.3 is 20.4 Å². The molecular weight excluding hydrogens is 472 g/mol. The first-order chi connectivity index (χ1) is 17.5. The lowest BCUT2D eigenvalue weighted by Crippen LogP contribution is -2.45. The van der Waals surface area contributed by atoms with E-state index in [1.165, 1.54) is 5.56 Å². The summed E-state index contributed by atoms with van der Waals surface area (Å²) in [5.41, 5.74) is 5.70. The molecule has 2 heterocycles. The zero-order valence-electron chi connectivity index (χ0n) is 20.0. The number of amides is 2. The molecule has 0 saturated carbocycles. The van der Waals surface area contributed by atoms with Crippen LogP contribution in [0.5, 0.6) is 0 Å². The van der Waals surface area contributed by atoms with Gasteiger partial charge in [0.05, 0.1) is 16.8 Å². The predicted octanol–water partition coefficient (Wildman–Crippen LogP) is 6.05. The highest BCUT2D eigenvalue weighted by molar-refractivity contribution is 7.21. The number of H-pyrrole nitrogens is 1. The molecule has 0 aliphatic heterocycles. The number of aromatic amines is 1. The van der Waals surface area contributed by atoms with Gasteiger partial charge in [-0.3, -0.25) is 4.79 Å². The number of aryl methyl sites for hydroxylation is 1. The summed E-state index contributed by atoms with van der Waals surface area (Å²) >= 11 is 1.64. The molecule has 0 fully saturated rings. The van der Waals surface area contributed by atoms with Gasteiger partial charge in [-0.1, -0.05) is 24.3 Å². The second-order valence-electron chi connectivity index (χ2n) is 8.54. The molecule has 0 bridgehead atoms. The van der Waals surface area contributed by atoms with Gasteiger partial charge in [-0.2, -0.15) is 0 Å². The van der Waals surface area contributed by atoms with Crippen LogP contribution in [0.3, 0.4) is 0 Å². The van der Waals surface area contributed by atoms with Crippen LogP contribution < -0.4 is 10.6 Å². The SMILES string of the molecule is CCOC(=O)N[C@H](Cc1c[nH]c2ccccc12)C(=O)Nc1ccc(-c2nc3ccc(C)cc3s2)cc1. The third kappa shape index (κ3) is 5.08. The number of benzene rings is 3. The zero-order chi connectivity index (χ0) is 25.1. The lowest BCUT2D eigenvalue weighted by Gasteiger charge is -2.18. The molecule has 3 N–H and O–H groups in total. The Bertz CT molecular complexity index is 1540. The van der Waals surface area contributed by atoms with E-state index in [-0.39, 0.29) is 12.5 Å². The van der Waals surface area contributed by atoms with Crippen molar-refractivity contribution in [2.75, 3.05) is 11.9 Å². The fourth-order valence-electron chi connectivity index (χ4n) is 4.13. The van der Waals surface area contributed by atoms with Gasteiger partial charge in [-0.05, 0) is 67.4 Å². The molecule has 1 atom stereocenters. The predicted molar refractivity (Wildman–Crippen MR) is 144 cm³/mol. The number of fused-ring (bicyclic) bond motifs is 2. The number of ether oxygens (including phenoxy) is 1. The number of carbonyl (C=O) groups excluding carboxylic acids is 2. The number of para-hydroxylation sites is 1. The van der Waals surface area contributed by atoms with E-state index >= 15 is 0 Å². The maximum absolute atomic E-state index is 13.2. The summed E-state index contributed by atoms with van der Waals surface area (Å²) in [5.74, 6) is -0.323. The number of carbonyl (C=O) groups is 2. The molecule has 0 aliphatic carbocycles. The average Bonchev–Trinajstić information content (AvgIpc) is 3.48. The molecule has 2 aromatic heterocycles. The first kappa shape index (κ1) is 23.6.